The van der Waals surface area contributed by atoms with E-state index in [1.807, 2.05) is 18.2 Å². The summed E-state index contributed by atoms with van der Waals surface area (Å²) >= 11 is 0. The lowest BCUT2D eigenvalue weighted by atomic mass is 10.1. The molecule has 0 bridgehead atoms. The molecule has 0 radical (unpaired) electrons. The second kappa shape index (κ2) is 5.83. The van der Waals surface area contributed by atoms with Gasteiger partial charge in [-0.3, -0.25) is 4.98 Å². The van der Waals surface area contributed by atoms with Crippen LogP contribution < -0.4 is 4.74 Å². The number of nitrogens with zero attached hydrogens (tertiary/aromatic N) is 2. The smallest absolute Gasteiger partial charge is 0.154 e. The van der Waals surface area contributed by atoms with Crippen molar-refractivity contribution in [3.63, 3.8) is 0 Å². The second-order valence-electron chi connectivity index (χ2n) is 3.97. The minimum Gasteiger partial charge on any atom is -0.494 e. The Bertz CT molecular complexity index is 558. The van der Waals surface area contributed by atoms with E-state index in [-0.39, 0.29) is 0 Å². The van der Waals surface area contributed by atoms with Crippen molar-refractivity contribution in [1.82, 2.24) is 4.98 Å². The molecule has 3 heteroatoms. The first-order valence-electron chi connectivity index (χ1n) is 5.80. The van der Waals surface area contributed by atoms with Gasteiger partial charge in [-0.15, -0.1) is 0 Å². The topological polar surface area (TPSA) is 45.9 Å². The summed E-state index contributed by atoms with van der Waals surface area (Å²) in [7, 11) is 1.54. The van der Waals surface area contributed by atoms with Gasteiger partial charge in [-0.2, -0.15) is 5.26 Å². The van der Waals surface area contributed by atoms with E-state index in [2.05, 4.69) is 23.2 Å². The number of aromatic nitrogens is 1. The molecule has 0 atom stereocenters. The highest BCUT2D eigenvalue weighted by Crippen LogP contribution is 2.17. The minimum absolute atomic E-state index is 0.529. The number of hydrogen-bond donors (Lipinski definition) is 0. The van der Waals surface area contributed by atoms with Crippen molar-refractivity contribution < 1.29 is 4.74 Å². The largest absolute Gasteiger partial charge is 0.494 e. The second-order valence-corrected chi connectivity index (χ2v) is 3.97. The van der Waals surface area contributed by atoms with E-state index in [1.165, 1.54) is 5.56 Å². The van der Waals surface area contributed by atoms with Crippen LogP contribution in [0.1, 0.15) is 16.8 Å². The molecule has 0 aliphatic carbocycles. The van der Waals surface area contributed by atoms with Crippen LogP contribution in [-0.2, 0) is 12.8 Å². The summed E-state index contributed by atoms with van der Waals surface area (Å²) in [5.41, 5.74) is 2.72. The van der Waals surface area contributed by atoms with Gasteiger partial charge in [0.15, 0.2) is 5.75 Å². The monoisotopic (exact) mass is 238 g/mol. The summed E-state index contributed by atoms with van der Waals surface area (Å²) in [4.78, 5) is 4.30. The lowest BCUT2D eigenvalue weighted by Crippen LogP contribution is -1.97. The Labute approximate surface area is 107 Å². The van der Waals surface area contributed by atoms with Crippen molar-refractivity contribution >= 4 is 0 Å². The van der Waals surface area contributed by atoms with Gasteiger partial charge in [0, 0.05) is 5.69 Å². The summed E-state index contributed by atoms with van der Waals surface area (Å²) < 4.78 is 5.07. The van der Waals surface area contributed by atoms with Gasteiger partial charge in [-0.05, 0) is 24.5 Å². The predicted octanol–water partition coefficient (Wildman–Crippen LogP) is 2.75. The molecule has 0 aliphatic heterocycles. The fraction of sp³-hybridized carbons (Fsp3) is 0.200. The normalized spacial score (nSPS) is 9.78. The van der Waals surface area contributed by atoms with Crippen molar-refractivity contribution in [3.05, 3.63) is 59.4 Å². The number of rotatable bonds is 4. The summed E-state index contributed by atoms with van der Waals surface area (Å²) in [6.07, 6.45) is 3.35. The van der Waals surface area contributed by atoms with E-state index < -0.39 is 0 Å². The molecule has 0 saturated carbocycles. The zero-order valence-corrected chi connectivity index (χ0v) is 10.3. The van der Waals surface area contributed by atoms with Crippen LogP contribution in [-0.4, -0.2) is 12.1 Å². The molecule has 0 aliphatic rings. The van der Waals surface area contributed by atoms with Crippen LogP contribution in [0.4, 0.5) is 0 Å². The van der Waals surface area contributed by atoms with Crippen LogP contribution in [0.15, 0.2) is 42.6 Å². The van der Waals surface area contributed by atoms with E-state index in [9.17, 15) is 0 Å². The molecule has 1 aromatic carbocycles. The molecule has 1 aromatic heterocycles. The standard InChI is InChI=1S/C15H14N2O/c1-18-15-11-17-14(9-13(15)10-16)8-7-12-5-3-2-4-6-12/h2-6,9,11H,7-8H2,1H3. The van der Waals surface area contributed by atoms with Crippen LogP contribution in [0.3, 0.4) is 0 Å². The van der Waals surface area contributed by atoms with Gasteiger partial charge in [-0.25, -0.2) is 0 Å². The number of methoxy groups -OCH3 is 1. The van der Waals surface area contributed by atoms with E-state index in [0.29, 0.717) is 11.3 Å². The zero-order chi connectivity index (χ0) is 12.8. The predicted molar refractivity (Wildman–Crippen MR) is 69.4 cm³/mol. The maximum absolute atomic E-state index is 9.00. The number of hydrogen-bond acceptors (Lipinski definition) is 3. The van der Waals surface area contributed by atoms with Gasteiger partial charge < -0.3 is 4.74 Å². The molecule has 3 nitrogen and oxygen atoms in total. The van der Waals surface area contributed by atoms with Gasteiger partial charge in [0.1, 0.15) is 6.07 Å². The summed E-state index contributed by atoms with van der Waals surface area (Å²) in [5.74, 6) is 0.529. The van der Waals surface area contributed by atoms with Crippen molar-refractivity contribution in [2.75, 3.05) is 7.11 Å². The quantitative estimate of drug-likeness (QED) is 0.822. The molecular formula is C15H14N2O. The lowest BCUT2D eigenvalue weighted by Gasteiger charge is -2.05. The summed E-state index contributed by atoms with van der Waals surface area (Å²) in [6.45, 7) is 0. The molecule has 1 heterocycles. The van der Waals surface area contributed by atoms with Gasteiger partial charge >= 0.3 is 0 Å². The van der Waals surface area contributed by atoms with Crippen LogP contribution >= 0.6 is 0 Å². The molecule has 0 N–H and O–H groups in total. The molecule has 0 spiro atoms. The highest BCUT2D eigenvalue weighted by Gasteiger charge is 2.05. The molecule has 2 rings (SSSR count). The van der Waals surface area contributed by atoms with E-state index >= 15 is 0 Å². The number of aryl methyl sites for hydroxylation is 2. The average Bonchev–Trinajstić information content (AvgIpc) is 2.45. The lowest BCUT2D eigenvalue weighted by molar-refractivity contribution is 0.411. The molecule has 18 heavy (non-hydrogen) atoms. The molecule has 90 valence electrons. The van der Waals surface area contributed by atoms with Crippen molar-refractivity contribution in [2.24, 2.45) is 0 Å². The van der Waals surface area contributed by atoms with Crippen LogP contribution in [0.5, 0.6) is 5.75 Å². The van der Waals surface area contributed by atoms with Crippen molar-refractivity contribution in [1.29, 1.82) is 5.26 Å². The number of nitriles is 1. The van der Waals surface area contributed by atoms with Gasteiger partial charge in [0.05, 0.1) is 18.9 Å². The zero-order valence-electron chi connectivity index (χ0n) is 10.3. The van der Waals surface area contributed by atoms with Crippen LogP contribution in [0.25, 0.3) is 0 Å². The number of benzene rings is 1. The third kappa shape index (κ3) is 2.86. The molecule has 0 fully saturated rings. The van der Waals surface area contributed by atoms with E-state index in [0.717, 1.165) is 18.5 Å². The Morgan fingerprint density at radius 1 is 1.22 bits per heavy atom. The summed E-state index contributed by atoms with van der Waals surface area (Å²) in [6, 6.07) is 14.2. The molecule has 0 saturated heterocycles. The van der Waals surface area contributed by atoms with Crippen LogP contribution in [0.2, 0.25) is 0 Å². The Hall–Kier alpha value is -2.34. The molecule has 2 aromatic rings. The fourth-order valence-electron chi connectivity index (χ4n) is 1.79. The summed E-state index contributed by atoms with van der Waals surface area (Å²) in [5, 5.41) is 9.00. The highest BCUT2D eigenvalue weighted by molar-refractivity contribution is 5.42. The first kappa shape index (κ1) is 12.1. The Morgan fingerprint density at radius 2 is 2.00 bits per heavy atom. The van der Waals surface area contributed by atoms with Gasteiger partial charge in [-0.1, -0.05) is 30.3 Å². The minimum atomic E-state index is 0.529. The first-order chi connectivity index (χ1) is 8.83. The molecule has 0 amide bonds. The van der Waals surface area contributed by atoms with E-state index in [4.69, 9.17) is 10.00 Å². The third-order valence-electron chi connectivity index (χ3n) is 2.78. The maximum Gasteiger partial charge on any atom is 0.154 e. The van der Waals surface area contributed by atoms with Gasteiger partial charge in [0.2, 0.25) is 0 Å². The SMILES string of the molecule is COc1cnc(CCc2ccccc2)cc1C#N. The Morgan fingerprint density at radius 3 is 2.67 bits per heavy atom. The Kier molecular flexibility index (Phi) is 3.93. The van der Waals surface area contributed by atoms with Gasteiger partial charge in [0.25, 0.3) is 0 Å². The van der Waals surface area contributed by atoms with Crippen molar-refractivity contribution in [2.45, 2.75) is 12.8 Å². The molecular weight excluding hydrogens is 224 g/mol. The molecule has 0 unspecified atom stereocenters. The van der Waals surface area contributed by atoms with Crippen LogP contribution in [0, 0.1) is 11.3 Å². The van der Waals surface area contributed by atoms with E-state index in [1.54, 1.807) is 19.4 Å². The number of ether oxygens (including phenoxy) is 1. The highest BCUT2D eigenvalue weighted by atomic mass is 16.5. The number of pyridine rings is 1. The van der Waals surface area contributed by atoms with Crippen molar-refractivity contribution in [3.8, 4) is 11.8 Å². The third-order valence-corrected chi connectivity index (χ3v) is 2.78. The fourth-order valence-corrected chi connectivity index (χ4v) is 1.79. The first-order valence-corrected chi connectivity index (χ1v) is 5.80. The average molecular weight is 238 g/mol. The Balaban J connectivity index is 2.09. The maximum atomic E-state index is 9.00.